The van der Waals surface area contributed by atoms with Crippen molar-refractivity contribution in [1.29, 1.82) is 0 Å². The average molecular weight is 210 g/mol. The highest BCUT2D eigenvalue weighted by molar-refractivity contribution is 5.90. The molecule has 0 aliphatic carbocycles. The highest BCUT2D eigenvalue weighted by Crippen LogP contribution is 2.19. The number of carboxylic acid groups (broad SMARTS) is 3. The Morgan fingerprint density at radius 2 is 1.64 bits per heavy atom. The zero-order valence-corrected chi connectivity index (χ0v) is 6.68. The third-order valence-electron chi connectivity index (χ3n) is 1.43. The van der Waals surface area contributed by atoms with E-state index in [-0.39, 0.29) is 0 Å². The first kappa shape index (κ1) is 12.3. The molecule has 14 heavy (non-hydrogen) atoms. The van der Waals surface area contributed by atoms with Crippen LogP contribution in [0.3, 0.4) is 0 Å². The van der Waals surface area contributed by atoms with E-state index in [2.05, 4.69) is 0 Å². The molecule has 0 saturated heterocycles. The summed E-state index contributed by atoms with van der Waals surface area (Å²) in [5, 5.41) is 33.5. The van der Waals surface area contributed by atoms with E-state index in [1.165, 1.54) is 0 Å². The van der Waals surface area contributed by atoms with Gasteiger partial charge in [0.15, 0.2) is 0 Å². The van der Waals surface area contributed by atoms with Crippen molar-refractivity contribution >= 4 is 17.9 Å². The Kier molecular flexibility index (Phi) is 3.52. The van der Waals surface area contributed by atoms with E-state index < -0.39 is 36.1 Å². The number of aliphatic hydroxyl groups is 1. The minimum absolute atomic E-state index is 1.53. The second-order valence-electron chi connectivity index (χ2n) is 2.50. The SMILES string of the molecule is O=C(O)C[C@@](O)(C(=O)O)C(F)C(=O)O. The van der Waals surface area contributed by atoms with Crippen LogP contribution >= 0.6 is 0 Å². The second kappa shape index (κ2) is 4.01. The normalized spacial score (nSPS) is 16.7. The van der Waals surface area contributed by atoms with E-state index >= 15 is 0 Å². The Morgan fingerprint density at radius 1 is 1.21 bits per heavy atom. The average Bonchev–Trinajstić information content (AvgIpc) is 2.00. The summed E-state index contributed by atoms with van der Waals surface area (Å²) >= 11 is 0. The number of hydrogen-bond donors (Lipinski definition) is 4. The number of carboxylic acids is 3. The summed E-state index contributed by atoms with van der Waals surface area (Å²) in [6.07, 6.45) is -4.73. The van der Waals surface area contributed by atoms with Gasteiger partial charge in [0.2, 0.25) is 11.8 Å². The zero-order chi connectivity index (χ0) is 11.5. The highest BCUT2D eigenvalue weighted by atomic mass is 19.1. The fourth-order valence-electron chi connectivity index (χ4n) is 0.708. The van der Waals surface area contributed by atoms with E-state index in [0.29, 0.717) is 0 Å². The summed E-state index contributed by atoms with van der Waals surface area (Å²) in [6, 6.07) is 0. The van der Waals surface area contributed by atoms with Crippen LogP contribution in [0.5, 0.6) is 0 Å². The predicted molar refractivity (Wildman–Crippen MR) is 37.4 cm³/mol. The van der Waals surface area contributed by atoms with Crippen molar-refractivity contribution in [2.75, 3.05) is 0 Å². The number of halogens is 1. The maximum Gasteiger partial charge on any atom is 0.342 e. The van der Waals surface area contributed by atoms with Crippen molar-refractivity contribution in [2.24, 2.45) is 0 Å². The topological polar surface area (TPSA) is 132 Å². The maximum atomic E-state index is 12.7. The summed E-state index contributed by atoms with van der Waals surface area (Å²) < 4.78 is 12.7. The van der Waals surface area contributed by atoms with Crippen LogP contribution in [-0.2, 0) is 14.4 Å². The fraction of sp³-hybridized carbons (Fsp3) is 0.500. The van der Waals surface area contributed by atoms with Gasteiger partial charge in [0, 0.05) is 0 Å². The molecule has 8 heteroatoms. The number of carbonyl (C=O) groups is 3. The summed E-state index contributed by atoms with van der Waals surface area (Å²) in [5.41, 5.74) is -3.45. The van der Waals surface area contributed by atoms with Crippen LogP contribution in [0.2, 0.25) is 0 Å². The van der Waals surface area contributed by atoms with Crippen LogP contribution < -0.4 is 0 Å². The molecule has 0 aromatic rings. The lowest BCUT2D eigenvalue weighted by atomic mass is 9.94. The number of alkyl halides is 1. The van der Waals surface area contributed by atoms with Crippen molar-refractivity contribution in [3.05, 3.63) is 0 Å². The molecule has 80 valence electrons. The third kappa shape index (κ3) is 2.39. The van der Waals surface area contributed by atoms with Crippen LogP contribution in [-0.4, -0.2) is 50.1 Å². The smallest absolute Gasteiger partial charge is 0.342 e. The van der Waals surface area contributed by atoms with E-state index in [9.17, 15) is 18.8 Å². The van der Waals surface area contributed by atoms with Gasteiger partial charge in [-0.3, -0.25) is 4.79 Å². The van der Waals surface area contributed by atoms with Crippen LogP contribution in [0.4, 0.5) is 4.39 Å². The van der Waals surface area contributed by atoms with Crippen molar-refractivity contribution < 1.29 is 39.2 Å². The van der Waals surface area contributed by atoms with Gasteiger partial charge in [-0.15, -0.1) is 0 Å². The summed E-state index contributed by atoms with van der Waals surface area (Å²) in [4.78, 5) is 30.4. The highest BCUT2D eigenvalue weighted by Gasteiger charge is 2.51. The molecule has 1 unspecified atom stereocenters. The minimum Gasteiger partial charge on any atom is -0.481 e. The lowest BCUT2D eigenvalue weighted by Crippen LogP contribution is -2.52. The molecule has 0 aliphatic rings. The van der Waals surface area contributed by atoms with Gasteiger partial charge >= 0.3 is 17.9 Å². The standard InChI is InChI=1S/C6H7FO7/c7-3(4(10)11)6(14,5(12)13)1-2(8)9/h3,14H,1H2,(H,8,9)(H,10,11)(H,12,13)/t3?,6-/m0/s1. The van der Waals surface area contributed by atoms with Crippen molar-refractivity contribution in [2.45, 2.75) is 18.2 Å². The molecule has 0 heterocycles. The molecule has 0 bridgehead atoms. The number of aliphatic carboxylic acids is 3. The monoisotopic (exact) mass is 210 g/mol. The Bertz CT molecular complexity index is 275. The molecule has 7 nitrogen and oxygen atoms in total. The van der Waals surface area contributed by atoms with Crippen molar-refractivity contribution in [3.8, 4) is 0 Å². The van der Waals surface area contributed by atoms with Gasteiger partial charge in [-0.05, 0) is 0 Å². The molecular formula is C6H7FO7. The number of rotatable bonds is 5. The Labute approximate surface area is 76.4 Å². The molecule has 0 fully saturated rings. The van der Waals surface area contributed by atoms with Gasteiger partial charge in [0.05, 0.1) is 6.42 Å². The van der Waals surface area contributed by atoms with Gasteiger partial charge < -0.3 is 20.4 Å². The number of hydrogen-bond acceptors (Lipinski definition) is 4. The molecule has 0 spiro atoms. The molecular weight excluding hydrogens is 203 g/mol. The van der Waals surface area contributed by atoms with Gasteiger partial charge in [0.25, 0.3) is 0 Å². The second-order valence-corrected chi connectivity index (χ2v) is 2.50. The molecule has 2 atom stereocenters. The maximum absolute atomic E-state index is 12.7. The molecule has 0 aromatic heterocycles. The molecule has 4 N–H and O–H groups in total. The Balaban J connectivity index is 4.99. The summed E-state index contributed by atoms with van der Waals surface area (Å²) in [5.74, 6) is -6.30. The van der Waals surface area contributed by atoms with Gasteiger partial charge in [-0.25, -0.2) is 14.0 Å². The van der Waals surface area contributed by atoms with Crippen LogP contribution in [0.1, 0.15) is 6.42 Å². The Hall–Kier alpha value is -1.70. The van der Waals surface area contributed by atoms with Crippen molar-refractivity contribution in [3.63, 3.8) is 0 Å². The van der Waals surface area contributed by atoms with E-state index in [1.54, 1.807) is 0 Å². The fourth-order valence-corrected chi connectivity index (χ4v) is 0.708. The third-order valence-corrected chi connectivity index (χ3v) is 1.43. The molecule has 0 aliphatic heterocycles. The predicted octanol–water partition coefficient (Wildman–Crippen LogP) is -1.30. The van der Waals surface area contributed by atoms with Gasteiger partial charge in [0.1, 0.15) is 0 Å². The summed E-state index contributed by atoms with van der Waals surface area (Å²) in [7, 11) is 0. The van der Waals surface area contributed by atoms with Crippen molar-refractivity contribution in [1.82, 2.24) is 0 Å². The molecule has 0 saturated carbocycles. The van der Waals surface area contributed by atoms with E-state index in [4.69, 9.17) is 20.4 Å². The first-order valence-corrected chi connectivity index (χ1v) is 3.26. The van der Waals surface area contributed by atoms with E-state index in [0.717, 1.165) is 0 Å². The van der Waals surface area contributed by atoms with E-state index in [1.807, 2.05) is 0 Å². The molecule has 0 rings (SSSR count). The van der Waals surface area contributed by atoms with Crippen LogP contribution in [0.25, 0.3) is 0 Å². The Morgan fingerprint density at radius 3 is 1.86 bits per heavy atom. The van der Waals surface area contributed by atoms with Crippen LogP contribution in [0, 0.1) is 0 Å². The summed E-state index contributed by atoms with van der Waals surface area (Å²) in [6.45, 7) is 0. The van der Waals surface area contributed by atoms with Gasteiger partial charge in [-0.2, -0.15) is 0 Å². The zero-order valence-electron chi connectivity index (χ0n) is 6.68. The lowest BCUT2D eigenvalue weighted by Gasteiger charge is -2.22. The van der Waals surface area contributed by atoms with Gasteiger partial charge in [-0.1, -0.05) is 0 Å². The van der Waals surface area contributed by atoms with Crippen LogP contribution in [0.15, 0.2) is 0 Å². The molecule has 0 aromatic carbocycles. The minimum atomic E-state index is -3.45. The first-order chi connectivity index (χ1) is 6.21. The first-order valence-electron chi connectivity index (χ1n) is 3.26. The molecule has 0 amide bonds. The molecule has 0 radical (unpaired) electrons. The lowest BCUT2D eigenvalue weighted by molar-refractivity contribution is -0.180. The quantitative estimate of drug-likeness (QED) is 0.443. The largest absolute Gasteiger partial charge is 0.481 e.